The topological polar surface area (TPSA) is 21.1 Å². The van der Waals surface area contributed by atoms with E-state index in [9.17, 15) is 0 Å². The van der Waals surface area contributed by atoms with Gasteiger partial charge in [0.25, 0.3) is 0 Å². The van der Waals surface area contributed by atoms with Crippen molar-refractivity contribution in [2.75, 3.05) is 13.6 Å². The molecule has 3 heteroatoms. The molecule has 0 radical (unpaired) electrons. The Labute approximate surface area is 143 Å². The molecule has 0 spiro atoms. The lowest BCUT2D eigenvalue weighted by Crippen LogP contribution is -2.28. The van der Waals surface area contributed by atoms with Crippen molar-refractivity contribution >= 4 is 10.9 Å². The Morgan fingerprint density at radius 2 is 2.00 bits per heavy atom. The highest BCUT2D eigenvalue weighted by atomic mass is 15.1. The molecule has 0 N–H and O–H groups in total. The fourth-order valence-corrected chi connectivity index (χ4v) is 4.12. The molecule has 1 aliphatic heterocycles. The van der Waals surface area contributed by atoms with Gasteiger partial charge in [0.1, 0.15) is 0 Å². The van der Waals surface area contributed by atoms with Crippen molar-refractivity contribution in [3.63, 3.8) is 0 Å². The highest BCUT2D eigenvalue weighted by Gasteiger charge is 2.26. The number of pyridine rings is 1. The largest absolute Gasteiger partial charge is 0.337 e. The molecule has 1 aliphatic rings. The van der Waals surface area contributed by atoms with Crippen LogP contribution in [0.25, 0.3) is 10.9 Å². The summed E-state index contributed by atoms with van der Waals surface area (Å²) >= 11 is 0. The smallest absolute Gasteiger partial charge is 0.0575 e. The molecule has 3 aromatic rings. The normalized spacial score (nSPS) is 16.3. The third kappa shape index (κ3) is 2.27. The first-order valence-electron chi connectivity index (χ1n) is 8.78. The summed E-state index contributed by atoms with van der Waals surface area (Å²) in [4.78, 5) is 6.76. The third-order valence-corrected chi connectivity index (χ3v) is 5.63. The summed E-state index contributed by atoms with van der Waals surface area (Å²) in [5, 5.41) is 1.47. The maximum atomic E-state index is 4.33. The fraction of sp³-hybridized carbons (Fsp3) is 0.381. The van der Waals surface area contributed by atoms with Gasteiger partial charge in [0.15, 0.2) is 0 Å². The molecule has 1 atom stereocenters. The van der Waals surface area contributed by atoms with Gasteiger partial charge in [-0.1, -0.05) is 12.1 Å². The lowest BCUT2D eigenvalue weighted by Gasteiger charge is -2.26. The SMILES string of the molecule is Cc1ccc2c(c1C)c1c(n2C(C)c2cccnc2)CCN(C)C1. The number of nitrogens with zero attached hydrogens (tertiary/aromatic N) is 3. The van der Waals surface area contributed by atoms with Crippen molar-refractivity contribution in [3.05, 3.63) is 64.6 Å². The zero-order chi connectivity index (χ0) is 16.8. The van der Waals surface area contributed by atoms with Gasteiger partial charge in [0.05, 0.1) is 6.04 Å². The minimum Gasteiger partial charge on any atom is -0.337 e. The van der Waals surface area contributed by atoms with Gasteiger partial charge in [-0.3, -0.25) is 4.98 Å². The Morgan fingerprint density at radius 1 is 1.17 bits per heavy atom. The quantitative estimate of drug-likeness (QED) is 0.704. The molecule has 124 valence electrons. The second-order valence-corrected chi connectivity index (χ2v) is 7.15. The summed E-state index contributed by atoms with van der Waals surface area (Å²) in [6, 6.07) is 9.09. The van der Waals surface area contributed by atoms with Crippen LogP contribution >= 0.6 is 0 Å². The first-order chi connectivity index (χ1) is 11.6. The van der Waals surface area contributed by atoms with E-state index in [1.807, 2.05) is 18.5 Å². The molecule has 3 nitrogen and oxygen atoms in total. The maximum absolute atomic E-state index is 4.33. The number of aryl methyl sites for hydroxylation is 2. The average molecular weight is 319 g/mol. The molecule has 24 heavy (non-hydrogen) atoms. The molecule has 0 amide bonds. The van der Waals surface area contributed by atoms with Crippen molar-refractivity contribution in [2.24, 2.45) is 0 Å². The van der Waals surface area contributed by atoms with E-state index in [-0.39, 0.29) is 0 Å². The summed E-state index contributed by atoms with van der Waals surface area (Å²) in [6.45, 7) is 8.95. The number of fused-ring (bicyclic) bond motifs is 3. The minimum atomic E-state index is 0.301. The van der Waals surface area contributed by atoms with Crippen molar-refractivity contribution in [3.8, 4) is 0 Å². The summed E-state index contributed by atoms with van der Waals surface area (Å²) in [7, 11) is 2.22. The molecule has 0 saturated heterocycles. The summed E-state index contributed by atoms with van der Waals surface area (Å²) in [5.41, 5.74) is 8.48. The van der Waals surface area contributed by atoms with Gasteiger partial charge in [-0.2, -0.15) is 0 Å². The number of hydrogen-bond donors (Lipinski definition) is 0. The van der Waals surface area contributed by atoms with Crippen LogP contribution in [0.2, 0.25) is 0 Å². The van der Waals surface area contributed by atoms with Crippen LogP contribution in [0.15, 0.2) is 36.7 Å². The Hall–Kier alpha value is -2.13. The van der Waals surface area contributed by atoms with E-state index in [4.69, 9.17) is 0 Å². The molecule has 0 aliphatic carbocycles. The van der Waals surface area contributed by atoms with Gasteiger partial charge in [-0.05, 0) is 62.2 Å². The summed E-state index contributed by atoms with van der Waals surface area (Å²) < 4.78 is 2.56. The van der Waals surface area contributed by atoms with Crippen LogP contribution in [0.1, 0.15) is 40.9 Å². The lowest BCUT2D eigenvalue weighted by molar-refractivity contribution is 0.308. The van der Waals surface area contributed by atoms with Crippen LogP contribution in [0, 0.1) is 13.8 Å². The highest BCUT2D eigenvalue weighted by Crippen LogP contribution is 2.37. The zero-order valence-electron chi connectivity index (χ0n) is 15.0. The van der Waals surface area contributed by atoms with Gasteiger partial charge in [-0.25, -0.2) is 0 Å². The van der Waals surface area contributed by atoms with E-state index in [1.54, 1.807) is 0 Å². The molecule has 1 aromatic carbocycles. The number of benzene rings is 1. The molecular weight excluding hydrogens is 294 g/mol. The molecule has 0 bridgehead atoms. The van der Waals surface area contributed by atoms with Gasteiger partial charge in [0, 0.05) is 48.5 Å². The molecule has 3 heterocycles. The minimum absolute atomic E-state index is 0.301. The molecule has 0 saturated carbocycles. The van der Waals surface area contributed by atoms with Gasteiger partial charge in [-0.15, -0.1) is 0 Å². The van der Waals surface area contributed by atoms with Crippen molar-refractivity contribution in [2.45, 2.75) is 39.8 Å². The van der Waals surface area contributed by atoms with Crippen LogP contribution in [-0.4, -0.2) is 28.0 Å². The van der Waals surface area contributed by atoms with Crippen LogP contribution in [0.3, 0.4) is 0 Å². The molecular formula is C21H25N3. The number of aromatic nitrogens is 2. The lowest BCUT2D eigenvalue weighted by atomic mass is 9.99. The first-order valence-corrected chi connectivity index (χ1v) is 8.78. The van der Waals surface area contributed by atoms with Crippen LogP contribution in [0.4, 0.5) is 0 Å². The Morgan fingerprint density at radius 3 is 2.75 bits per heavy atom. The van der Waals surface area contributed by atoms with Gasteiger partial charge >= 0.3 is 0 Å². The van der Waals surface area contributed by atoms with E-state index in [0.29, 0.717) is 6.04 Å². The number of hydrogen-bond acceptors (Lipinski definition) is 2. The molecule has 2 aromatic heterocycles. The summed E-state index contributed by atoms with van der Waals surface area (Å²) in [5.74, 6) is 0. The fourth-order valence-electron chi connectivity index (χ4n) is 4.12. The second-order valence-electron chi connectivity index (χ2n) is 7.15. The molecule has 1 unspecified atom stereocenters. The number of rotatable bonds is 2. The van der Waals surface area contributed by atoms with Crippen molar-refractivity contribution < 1.29 is 0 Å². The Kier molecular flexibility index (Phi) is 3.69. The van der Waals surface area contributed by atoms with Gasteiger partial charge < -0.3 is 9.47 Å². The van der Waals surface area contributed by atoms with E-state index in [0.717, 1.165) is 19.5 Å². The van der Waals surface area contributed by atoms with Crippen LogP contribution < -0.4 is 0 Å². The monoisotopic (exact) mass is 319 g/mol. The summed E-state index contributed by atoms with van der Waals surface area (Å²) in [6.07, 6.45) is 4.96. The van der Waals surface area contributed by atoms with Crippen LogP contribution in [-0.2, 0) is 13.0 Å². The van der Waals surface area contributed by atoms with E-state index in [2.05, 4.69) is 60.5 Å². The van der Waals surface area contributed by atoms with Gasteiger partial charge in [0.2, 0.25) is 0 Å². The molecule has 0 fully saturated rings. The average Bonchev–Trinajstić information content (AvgIpc) is 2.92. The molecule has 4 rings (SSSR count). The van der Waals surface area contributed by atoms with E-state index in [1.165, 1.54) is 38.9 Å². The van der Waals surface area contributed by atoms with Crippen molar-refractivity contribution in [1.82, 2.24) is 14.5 Å². The van der Waals surface area contributed by atoms with Crippen molar-refractivity contribution in [1.29, 1.82) is 0 Å². The van der Waals surface area contributed by atoms with Crippen LogP contribution in [0.5, 0.6) is 0 Å². The standard InChI is InChI=1S/C21H25N3/c1-14-7-8-20-21(15(14)2)18-13-23(4)11-9-19(18)24(20)16(3)17-6-5-10-22-12-17/h5-8,10,12,16H,9,11,13H2,1-4H3. The Bertz CT molecular complexity index is 893. The number of likely N-dealkylation sites (N-methyl/N-ethyl adjacent to an activating group) is 1. The predicted octanol–water partition coefficient (Wildman–Crippen LogP) is 4.25. The van der Waals surface area contributed by atoms with E-state index < -0.39 is 0 Å². The maximum Gasteiger partial charge on any atom is 0.0575 e. The highest BCUT2D eigenvalue weighted by molar-refractivity contribution is 5.90. The first kappa shape index (κ1) is 15.4. The predicted molar refractivity (Wildman–Crippen MR) is 99.5 cm³/mol. The van der Waals surface area contributed by atoms with E-state index >= 15 is 0 Å². The Balaban J connectivity index is 2.00. The third-order valence-electron chi connectivity index (χ3n) is 5.63. The second kappa shape index (κ2) is 5.75. The zero-order valence-corrected chi connectivity index (χ0v) is 15.0.